The molecule has 0 spiro atoms. The molecule has 3 nitrogen and oxygen atoms in total. The fourth-order valence-electron chi connectivity index (χ4n) is 0.526. The topological polar surface area (TPSA) is 46.2 Å². The van der Waals surface area contributed by atoms with Crippen LogP contribution in [0, 0.1) is 5.92 Å². The van der Waals surface area contributed by atoms with Crippen LogP contribution in [0.1, 0.15) is 12.8 Å². The maximum atomic E-state index is 9.86. The minimum atomic E-state index is -2.34. The third-order valence-electron chi connectivity index (χ3n) is 1.21. The van der Waals surface area contributed by atoms with Gasteiger partial charge in [0.05, 0.1) is 0 Å². The van der Waals surface area contributed by atoms with Crippen LogP contribution in [-0.4, -0.2) is 15.0 Å². The molecule has 48 valence electrons. The number of hydrogen-bond acceptors (Lipinski definition) is 2. The van der Waals surface area contributed by atoms with Crippen molar-refractivity contribution in [3.05, 3.63) is 0 Å². The molecule has 1 saturated carbocycles. The SMILES string of the molecule is O=[SH](=O)NCC1CC1. The summed E-state index contributed by atoms with van der Waals surface area (Å²) in [6.07, 6.45) is 2.38. The van der Waals surface area contributed by atoms with Crippen molar-refractivity contribution < 1.29 is 8.42 Å². The zero-order valence-electron chi connectivity index (χ0n) is 4.46. The van der Waals surface area contributed by atoms with Gasteiger partial charge in [0.2, 0.25) is 10.9 Å². The standard InChI is InChI=1S/C4H9NO2S/c6-8(7)5-3-4-1-2-4/h4,8H,1-3H2,(H,5,6,7). The molecule has 1 fully saturated rings. The van der Waals surface area contributed by atoms with Gasteiger partial charge in [0, 0.05) is 6.54 Å². The molecule has 1 aliphatic rings. The molecular weight excluding hydrogens is 126 g/mol. The van der Waals surface area contributed by atoms with Crippen molar-refractivity contribution in [2.45, 2.75) is 12.8 Å². The van der Waals surface area contributed by atoms with E-state index in [1.54, 1.807) is 0 Å². The predicted octanol–water partition coefficient (Wildman–Crippen LogP) is -0.488. The summed E-state index contributed by atoms with van der Waals surface area (Å²) < 4.78 is 22.1. The number of hydrogen-bond donors (Lipinski definition) is 2. The van der Waals surface area contributed by atoms with E-state index in [0.717, 1.165) is 0 Å². The molecule has 1 N–H and O–H groups in total. The largest absolute Gasteiger partial charge is 0.217 e. The maximum Gasteiger partial charge on any atom is 0.201 e. The number of nitrogens with one attached hydrogen (secondary N) is 1. The third-order valence-corrected chi connectivity index (χ3v) is 1.65. The summed E-state index contributed by atoms with van der Waals surface area (Å²) in [4.78, 5) is 0. The Labute approximate surface area is 50.2 Å². The van der Waals surface area contributed by atoms with Gasteiger partial charge in [-0.25, -0.2) is 13.1 Å². The van der Waals surface area contributed by atoms with Crippen molar-refractivity contribution in [3.63, 3.8) is 0 Å². The van der Waals surface area contributed by atoms with Crippen LogP contribution < -0.4 is 4.72 Å². The molecule has 0 unspecified atom stereocenters. The highest BCUT2D eigenvalue weighted by atomic mass is 32.2. The molecule has 0 aromatic rings. The van der Waals surface area contributed by atoms with Crippen LogP contribution in [0.4, 0.5) is 0 Å². The monoisotopic (exact) mass is 135 g/mol. The fourth-order valence-corrected chi connectivity index (χ4v) is 0.933. The molecule has 0 bridgehead atoms. The van der Waals surface area contributed by atoms with Gasteiger partial charge in [-0.3, -0.25) is 0 Å². The average molecular weight is 135 g/mol. The Morgan fingerprint density at radius 1 is 1.50 bits per heavy atom. The van der Waals surface area contributed by atoms with Gasteiger partial charge in [0.15, 0.2) is 0 Å². The van der Waals surface area contributed by atoms with E-state index in [9.17, 15) is 8.42 Å². The third kappa shape index (κ3) is 2.28. The molecule has 0 atom stereocenters. The minimum Gasteiger partial charge on any atom is -0.217 e. The predicted molar refractivity (Wildman–Crippen MR) is 31.0 cm³/mol. The summed E-state index contributed by atoms with van der Waals surface area (Å²) >= 11 is 0. The average Bonchev–Trinajstić information content (AvgIpc) is 2.41. The highest BCUT2D eigenvalue weighted by Crippen LogP contribution is 2.27. The molecule has 0 aliphatic heterocycles. The van der Waals surface area contributed by atoms with Crippen molar-refractivity contribution in [3.8, 4) is 0 Å². The van der Waals surface area contributed by atoms with Gasteiger partial charge in [-0.05, 0) is 18.8 Å². The van der Waals surface area contributed by atoms with Gasteiger partial charge in [0.1, 0.15) is 0 Å². The zero-order chi connectivity index (χ0) is 5.98. The highest BCUT2D eigenvalue weighted by molar-refractivity contribution is 7.70. The first-order valence-corrected chi connectivity index (χ1v) is 3.84. The molecular formula is C4H9NO2S. The van der Waals surface area contributed by atoms with Crippen molar-refractivity contribution >= 4 is 10.9 Å². The second-order valence-corrected chi connectivity index (χ2v) is 2.89. The van der Waals surface area contributed by atoms with Gasteiger partial charge >= 0.3 is 0 Å². The second kappa shape index (κ2) is 2.46. The second-order valence-electron chi connectivity index (χ2n) is 2.06. The van der Waals surface area contributed by atoms with Crippen LogP contribution in [0.2, 0.25) is 0 Å². The Hall–Kier alpha value is -0.0900. The molecule has 8 heavy (non-hydrogen) atoms. The summed E-state index contributed by atoms with van der Waals surface area (Å²) in [6, 6.07) is 0. The summed E-state index contributed by atoms with van der Waals surface area (Å²) in [5, 5.41) is 0. The normalized spacial score (nSPS) is 19.6. The first kappa shape index (κ1) is 6.04. The van der Waals surface area contributed by atoms with E-state index in [-0.39, 0.29) is 0 Å². The number of rotatable bonds is 3. The first-order chi connectivity index (χ1) is 3.79. The van der Waals surface area contributed by atoms with Crippen molar-refractivity contribution in [2.24, 2.45) is 5.92 Å². The quantitative estimate of drug-likeness (QED) is 0.513. The van der Waals surface area contributed by atoms with Crippen LogP contribution in [0.15, 0.2) is 0 Å². The van der Waals surface area contributed by atoms with Gasteiger partial charge < -0.3 is 0 Å². The van der Waals surface area contributed by atoms with Crippen LogP contribution >= 0.6 is 0 Å². The lowest BCUT2D eigenvalue weighted by atomic mass is 10.4. The molecule has 0 saturated heterocycles. The van der Waals surface area contributed by atoms with E-state index in [1.807, 2.05) is 0 Å². The molecule has 1 rings (SSSR count). The van der Waals surface area contributed by atoms with Crippen molar-refractivity contribution in [2.75, 3.05) is 6.54 Å². The Kier molecular flexibility index (Phi) is 1.85. The van der Waals surface area contributed by atoms with Crippen LogP contribution in [0.3, 0.4) is 0 Å². The Morgan fingerprint density at radius 3 is 2.50 bits per heavy atom. The number of thiol groups is 1. The van der Waals surface area contributed by atoms with Gasteiger partial charge in [-0.2, -0.15) is 0 Å². The Morgan fingerprint density at radius 2 is 2.12 bits per heavy atom. The van der Waals surface area contributed by atoms with E-state index in [2.05, 4.69) is 4.72 Å². The van der Waals surface area contributed by atoms with E-state index < -0.39 is 10.9 Å². The van der Waals surface area contributed by atoms with Gasteiger partial charge in [-0.15, -0.1) is 0 Å². The van der Waals surface area contributed by atoms with E-state index in [0.29, 0.717) is 12.5 Å². The first-order valence-electron chi connectivity index (χ1n) is 2.67. The van der Waals surface area contributed by atoms with Crippen molar-refractivity contribution in [1.82, 2.24) is 4.72 Å². The van der Waals surface area contributed by atoms with E-state index >= 15 is 0 Å². The Balaban J connectivity index is 2.03. The lowest BCUT2D eigenvalue weighted by Crippen LogP contribution is -2.13. The summed E-state index contributed by atoms with van der Waals surface area (Å²) in [6.45, 7) is 0.651. The maximum absolute atomic E-state index is 9.86. The van der Waals surface area contributed by atoms with Gasteiger partial charge in [-0.1, -0.05) is 0 Å². The molecule has 0 aromatic carbocycles. The molecule has 1 aliphatic carbocycles. The molecule has 0 heterocycles. The summed E-state index contributed by atoms with van der Waals surface area (Å²) in [5.41, 5.74) is 0. The molecule has 4 heteroatoms. The lowest BCUT2D eigenvalue weighted by Gasteiger charge is -1.88. The smallest absolute Gasteiger partial charge is 0.201 e. The van der Waals surface area contributed by atoms with Gasteiger partial charge in [0.25, 0.3) is 0 Å². The summed E-state index contributed by atoms with van der Waals surface area (Å²) in [7, 11) is -2.34. The minimum absolute atomic E-state index is 0.642. The Bertz CT molecular complexity index is 131. The zero-order valence-corrected chi connectivity index (χ0v) is 5.36. The lowest BCUT2D eigenvalue weighted by molar-refractivity contribution is 0.597. The van der Waals surface area contributed by atoms with Crippen LogP contribution in [-0.2, 0) is 10.9 Å². The van der Waals surface area contributed by atoms with Crippen LogP contribution in [0.25, 0.3) is 0 Å². The van der Waals surface area contributed by atoms with Crippen molar-refractivity contribution in [1.29, 1.82) is 0 Å². The highest BCUT2D eigenvalue weighted by Gasteiger charge is 2.20. The molecule has 0 aromatic heterocycles. The summed E-state index contributed by atoms with van der Waals surface area (Å²) in [5.74, 6) is 0.642. The molecule has 0 amide bonds. The van der Waals surface area contributed by atoms with E-state index in [4.69, 9.17) is 0 Å². The molecule has 0 radical (unpaired) electrons. The van der Waals surface area contributed by atoms with Crippen LogP contribution in [0.5, 0.6) is 0 Å². The fraction of sp³-hybridized carbons (Fsp3) is 1.00. The van der Waals surface area contributed by atoms with E-state index in [1.165, 1.54) is 12.8 Å².